The molecule has 0 spiro atoms. The van der Waals surface area contributed by atoms with Gasteiger partial charge in [0, 0.05) is 6.07 Å². The van der Waals surface area contributed by atoms with Crippen LogP contribution in [0, 0.1) is 5.82 Å². The molecule has 6 heteroatoms. The summed E-state index contributed by atoms with van der Waals surface area (Å²) in [6.45, 7) is 0. The van der Waals surface area contributed by atoms with E-state index in [2.05, 4.69) is 0 Å². The van der Waals surface area contributed by atoms with Crippen LogP contribution in [0.5, 0.6) is 0 Å². The third kappa shape index (κ3) is 4.58. The third-order valence-corrected chi connectivity index (χ3v) is 6.30. The van der Waals surface area contributed by atoms with Gasteiger partial charge in [-0.1, -0.05) is 36.4 Å². The monoisotopic (exact) mass is 381 g/mol. The fraction of sp³-hybridized carbons (Fsp3) is 0.0526. The number of hydrogen-bond acceptors (Lipinski definition) is 1. The predicted octanol–water partition coefficient (Wildman–Crippen LogP) is 6.53. The topological polar surface area (TPSA) is 0 Å². The maximum atomic E-state index is 13.9. The van der Waals surface area contributed by atoms with Crippen molar-refractivity contribution in [3.63, 3.8) is 0 Å². The minimum absolute atomic E-state index is 0.408. The Hall–Kier alpha value is -1.92. The first-order chi connectivity index (χ1) is 11.9. The summed E-state index contributed by atoms with van der Waals surface area (Å²) in [6, 6.07) is 23.0. The molecule has 0 N–H and O–H groups in total. The average molecular weight is 381 g/mol. The van der Waals surface area contributed by atoms with E-state index in [1.807, 2.05) is 60.7 Å². The molecule has 0 saturated carbocycles. The van der Waals surface area contributed by atoms with Crippen LogP contribution in [0.2, 0.25) is 0 Å². The fourth-order valence-corrected chi connectivity index (χ4v) is 5.13. The van der Waals surface area contributed by atoms with Gasteiger partial charge in [-0.05, 0) is 48.2 Å². The number of thioether (sulfide) groups is 1. The van der Waals surface area contributed by atoms with E-state index in [0.717, 1.165) is 15.9 Å². The van der Waals surface area contributed by atoms with Crippen molar-refractivity contribution in [3.8, 4) is 0 Å². The Labute approximate surface area is 150 Å². The fourth-order valence-electron chi connectivity index (χ4n) is 2.33. The van der Waals surface area contributed by atoms with Crippen molar-refractivity contribution in [2.45, 2.75) is 25.1 Å². The Morgan fingerprint density at radius 3 is 1.68 bits per heavy atom. The second-order valence-electron chi connectivity index (χ2n) is 5.07. The number of hydrogen-bond donors (Lipinski definition) is 0. The molecule has 3 rings (SSSR count). The Bertz CT molecular complexity index is 794. The van der Waals surface area contributed by atoms with E-state index in [0.29, 0.717) is 4.90 Å². The molecule has 0 saturated heterocycles. The lowest BCUT2D eigenvalue weighted by molar-refractivity contribution is -0.0329. The lowest BCUT2D eigenvalue weighted by Gasteiger charge is -2.11. The van der Waals surface area contributed by atoms with Crippen LogP contribution in [-0.2, 0) is 10.9 Å². The van der Waals surface area contributed by atoms with Crippen LogP contribution in [-0.4, -0.2) is 5.51 Å². The standard InChI is InChI=1S/C19H13F4S2/c20-17-12-11-16(13-18(17)24-19(21,22)23)25(14-7-3-1-4-8-14)15-9-5-2-6-10-15/h1-13H/q+1. The molecule has 0 heterocycles. The highest BCUT2D eigenvalue weighted by molar-refractivity contribution is 8.00. The van der Waals surface area contributed by atoms with Crippen molar-refractivity contribution < 1.29 is 17.6 Å². The Kier molecular flexibility index (Phi) is 5.39. The van der Waals surface area contributed by atoms with Crippen LogP contribution in [0.25, 0.3) is 0 Å². The first-order valence-electron chi connectivity index (χ1n) is 7.34. The molecule has 0 fully saturated rings. The van der Waals surface area contributed by atoms with Crippen molar-refractivity contribution in [2.24, 2.45) is 0 Å². The molecule has 0 amide bonds. The molecule has 0 radical (unpaired) electrons. The summed E-state index contributed by atoms with van der Waals surface area (Å²) in [5.41, 5.74) is -4.53. The zero-order valence-corrected chi connectivity index (χ0v) is 14.5. The molecule has 0 atom stereocenters. The summed E-state index contributed by atoms with van der Waals surface area (Å²) < 4.78 is 51.9. The van der Waals surface area contributed by atoms with Crippen LogP contribution >= 0.6 is 11.8 Å². The highest BCUT2D eigenvalue weighted by Crippen LogP contribution is 2.40. The van der Waals surface area contributed by atoms with Crippen LogP contribution in [0.4, 0.5) is 17.6 Å². The molecule has 25 heavy (non-hydrogen) atoms. The van der Waals surface area contributed by atoms with Crippen molar-refractivity contribution in [1.29, 1.82) is 0 Å². The van der Waals surface area contributed by atoms with Crippen molar-refractivity contribution in [1.82, 2.24) is 0 Å². The molecule has 0 unspecified atom stereocenters. The minimum Gasteiger partial charge on any atom is -0.206 e. The van der Waals surface area contributed by atoms with Gasteiger partial charge in [0.15, 0.2) is 14.7 Å². The summed E-state index contributed by atoms with van der Waals surface area (Å²) in [5, 5.41) is 0. The third-order valence-electron chi connectivity index (χ3n) is 3.32. The summed E-state index contributed by atoms with van der Waals surface area (Å²) in [7, 11) is -0.609. The largest absolute Gasteiger partial charge is 0.446 e. The lowest BCUT2D eigenvalue weighted by Crippen LogP contribution is -2.06. The molecule has 0 aromatic heterocycles. The van der Waals surface area contributed by atoms with Gasteiger partial charge in [0.1, 0.15) is 5.82 Å². The minimum atomic E-state index is -4.53. The van der Waals surface area contributed by atoms with Crippen molar-refractivity contribution in [2.75, 3.05) is 0 Å². The highest BCUT2D eigenvalue weighted by Gasteiger charge is 2.34. The quantitative estimate of drug-likeness (QED) is 0.281. The molecule has 3 aromatic carbocycles. The van der Waals surface area contributed by atoms with E-state index in [4.69, 9.17) is 0 Å². The van der Waals surface area contributed by atoms with Gasteiger partial charge in [0.25, 0.3) is 0 Å². The SMILES string of the molecule is Fc1ccc([S+](c2ccccc2)c2ccccc2)cc1SC(F)(F)F. The number of benzene rings is 3. The van der Waals surface area contributed by atoms with E-state index >= 15 is 0 Å². The van der Waals surface area contributed by atoms with Crippen molar-refractivity contribution >= 4 is 22.7 Å². The molecule has 128 valence electrons. The molecule has 0 bridgehead atoms. The first kappa shape index (κ1) is 17.9. The van der Waals surface area contributed by atoms with Gasteiger partial charge < -0.3 is 0 Å². The van der Waals surface area contributed by atoms with Crippen LogP contribution < -0.4 is 0 Å². The van der Waals surface area contributed by atoms with Gasteiger partial charge in [0.05, 0.1) is 15.8 Å². The smallest absolute Gasteiger partial charge is 0.206 e. The molecular weight excluding hydrogens is 368 g/mol. The molecular formula is C19H13F4S2+. The van der Waals surface area contributed by atoms with E-state index in [9.17, 15) is 17.6 Å². The molecule has 0 aliphatic heterocycles. The van der Waals surface area contributed by atoms with Gasteiger partial charge in [0.2, 0.25) is 0 Å². The van der Waals surface area contributed by atoms with Gasteiger partial charge in [-0.2, -0.15) is 13.2 Å². The number of halogens is 4. The second kappa shape index (κ2) is 7.54. The Morgan fingerprint density at radius 1 is 0.680 bits per heavy atom. The van der Waals surface area contributed by atoms with E-state index < -0.39 is 38.9 Å². The molecule has 0 nitrogen and oxygen atoms in total. The molecule has 0 aliphatic rings. The van der Waals surface area contributed by atoms with E-state index in [-0.39, 0.29) is 0 Å². The van der Waals surface area contributed by atoms with E-state index in [1.54, 1.807) is 6.07 Å². The van der Waals surface area contributed by atoms with E-state index in [1.165, 1.54) is 6.07 Å². The van der Waals surface area contributed by atoms with Gasteiger partial charge >= 0.3 is 5.51 Å². The molecule has 3 aromatic rings. The summed E-state index contributed by atoms with van der Waals surface area (Å²) >= 11 is -0.421. The maximum Gasteiger partial charge on any atom is 0.446 e. The van der Waals surface area contributed by atoms with Crippen molar-refractivity contribution in [3.05, 3.63) is 84.7 Å². The Balaban J connectivity index is 2.10. The van der Waals surface area contributed by atoms with Gasteiger partial charge in [-0.15, -0.1) is 0 Å². The molecule has 0 aliphatic carbocycles. The second-order valence-corrected chi connectivity index (χ2v) is 8.21. The summed E-state index contributed by atoms with van der Waals surface area (Å²) in [6.07, 6.45) is 0. The highest BCUT2D eigenvalue weighted by atomic mass is 32.2. The first-order valence-corrected chi connectivity index (χ1v) is 9.38. The van der Waals surface area contributed by atoms with Gasteiger partial charge in [-0.3, -0.25) is 0 Å². The van der Waals surface area contributed by atoms with Crippen LogP contribution in [0.1, 0.15) is 0 Å². The Morgan fingerprint density at radius 2 is 1.20 bits per heavy atom. The lowest BCUT2D eigenvalue weighted by atomic mass is 10.3. The van der Waals surface area contributed by atoms with Gasteiger partial charge in [-0.25, -0.2) is 4.39 Å². The summed E-state index contributed by atoms with van der Waals surface area (Å²) in [5.74, 6) is -0.865. The number of alkyl halides is 3. The zero-order chi connectivity index (χ0) is 17.9. The van der Waals surface area contributed by atoms with Crippen LogP contribution in [0.3, 0.4) is 0 Å². The number of rotatable bonds is 4. The summed E-state index contributed by atoms with van der Waals surface area (Å²) in [4.78, 5) is 2.16. The maximum absolute atomic E-state index is 13.9. The zero-order valence-electron chi connectivity index (χ0n) is 12.8. The average Bonchev–Trinajstić information content (AvgIpc) is 2.59. The normalized spacial score (nSPS) is 11.7. The predicted molar refractivity (Wildman–Crippen MR) is 93.4 cm³/mol. The van der Waals surface area contributed by atoms with Crippen LogP contribution in [0.15, 0.2) is 98.4 Å².